The highest BCUT2D eigenvalue weighted by Gasteiger charge is 2.36. The number of carbonyl (C=O) groups is 4. The molecule has 172 valence electrons. The van der Waals surface area contributed by atoms with E-state index in [1.807, 2.05) is 19.1 Å². The van der Waals surface area contributed by atoms with Gasteiger partial charge in [0.1, 0.15) is 18.1 Å². The lowest BCUT2D eigenvalue weighted by molar-refractivity contribution is -0.127. The Bertz CT molecular complexity index is 1350. The summed E-state index contributed by atoms with van der Waals surface area (Å²) in [5, 5.41) is 11.3. The standard InChI is InChI=1S/C24H17IN2O6S/c1-13-2-3-14(23(30)31)10-18(13)19-9-8-17(33-19)11-20-22(29)27(24(32)34-20)12-21(28)26-16-6-4-15(25)5-7-16/h2-11H,12H2,1H3,(H,26,28)(H,30,31)/b20-11-. The molecule has 0 aliphatic carbocycles. The Morgan fingerprint density at radius 2 is 1.85 bits per heavy atom. The van der Waals surface area contributed by atoms with E-state index >= 15 is 0 Å². The molecular formula is C24H17IN2O6S. The zero-order chi connectivity index (χ0) is 24.4. The van der Waals surface area contributed by atoms with Crippen LogP contribution in [-0.2, 0) is 9.59 Å². The first-order chi connectivity index (χ1) is 16.2. The maximum atomic E-state index is 12.7. The quantitative estimate of drug-likeness (QED) is 0.299. The van der Waals surface area contributed by atoms with Gasteiger partial charge in [-0.3, -0.25) is 19.3 Å². The summed E-state index contributed by atoms with van der Waals surface area (Å²) in [4.78, 5) is 49.7. The van der Waals surface area contributed by atoms with E-state index in [0.29, 0.717) is 22.8 Å². The number of halogens is 1. The zero-order valence-corrected chi connectivity index (χ0v) is 20.7. The molecular weight excluding hydrogens is 571 g/mol. The van der Waals surface area contributed by atoms with Crippen molar-refractivity contribution in [3.05, 3.63) is 80.0 Å². The summed E-state index contributed by atoms with van der Waals surface area (Å²) in [6, 6.07) is 15.1. The topological polar surface area (TPSA) is 117 Å². The van der Waals surface area contributed by atoms with Crippen molar-refractivity contribution in [1.29, 1.82) is 0 Å². The predicted octanol–water partition coefficient (Wildman–Crippen LogP) is 5.23. The van der Waals surface area contributed by atoms with Crippen LogP contribution in [0.4, 0.5) is 10.5 Å². The fourth-order valence-electron chi connectivity index (χ4n) is 3.24. The lowest BCUT2D eigenvalue weighted by Gasteiger charge is -2.12. The van der Waals surface area contributed by atoms with Gasteiger partial charge in [0, 0.05) is 20.9 Å². The minimum atomic E-state index is -1.05. The number of benzene rings is 2. The van der Waals surface area contributed by atoms with Gasteiger partial charge >= 0.3 is 5.97 Å². The molecule has 8 nitrogen and oxygen atoms in total. The number of anilines is 1. The van der Waals surface area contributed by atoms with E-state index in [-0.39, 0.29) is 10.5 Å². The van der Waals surface area contributed by atoms with E-state index < -0.39 is 29.6 Å². The number of rotatable bonds is 6. The van der Waals surface area contributed by atoms with Crippen molar-refractivity contribution in [2.24, 2.45) is 0 Å². The number of nitrogens with zero attached hydrogens (tertiary/aromatic N) is 1. The van der Waals surface area contributed by atoms with E-state index in [4.69, 9.17) is 4.42 Å². The first-order valence-corrected chi connectivity index (χ1v) is 11.9. The first kappa shape index (κ1) is 23.8. The number of hydrogen-bond donors (Lipinski definition) is 2. The molecule has 34 heavy (non-hydrogen) atoms. The molecule has 1 saturated heterocycles. The molecule has 3 aromatic rings. The van der Waals surface area contributed by atoms with Gasteiger partial charge in [-0.25, -0.2) is 4.79 Å². The van der Waals surface area contributed by atoms with Crippen molar-refractivity contribution in [3.8, 4) is 11.3 Å². The Kier molecular flexibility index (Phi) is 6.89. The lowest BCUT2D eigenvalue weighted by Crippen LogP contribution is -2.36. The van der Waals surface area contributed by atoms with Crippen LogP contribution < -0.4 is 5.32 Å². The summed E-state index contributed by atoms with van der Waals surface area (Å²) in [5.74, 6) is -1.37. The molecule has 3 amide bonds. The molecule has 0 unspecified atom stereocenters. The Labute approximate surface area is 212 Å². The Hall–Kier alpha value is -3.38. The number of imide groups is 1. The summed E-state index contributed by atoms with van der Waals surface area (Å²) in [7, 11) is 0. The third-order valence-corrected chi connectivity index (χ3v) is 6.58. The van der Waals surface area contributed by atoms with Gasteiger partial charge in [-0.15, -0.1) is 0 Å². The minimum absolute atomic E-state index is 0.128. The van der Waals surface area contributed by atoms with Crippen molar-refractivity contribution in [3.63, 3.8) is 0 Å². The molecule has 0 saturated carbocycles. The number of thioether (sulfide) groups is 1. The Morgan fingerprint density at radius 1 is 1.12 bits per heavy atom. The van der Waals surface area contributed by atoms with Crippen LogP contribution in [0.5, 0.6) is 0 Å². The van der Waals surface area contributed by atoms with Crippen LogP contribution in [0.1, 0.15) is 21.7 Å². The number of carbonyl (C=O) groups excluding carboxylic acids is 3. The number of furan rings is 1. The highest BCUT2D eigenvalue weighted by atomic mass is 127. The van der Waals surface area contributed by atoms with Crippen LogP contribution in [0.25, 0.3) is 17.4 Å². The fourth-order valence-corrected chi connectivity index (χ4v) is 4.42. The number of carboxylic acids is 1. The molecule has 1 aliphatic rings. The van der Waals surface area contributed by atoms with Crippen LogP contribution in [0, 0.1) is 10.5 Å². The highest BCUT2D eigenvalue weighted by Crippen LogP contribution is 2.34. The lowest BCUT2D eigenvalue weighted by atomic mass is 10.0. The molecule has 10 heteroatoms. The van der Waals surface area contributed by atoms with Gasteiger partial charge in [0.15, 0.2) is 0 Å². The normalized spacial score (nSPS) is 14.6. The number of nitrogens with one attached hydrogen (secondary N) is 1. The average molecular weight is 588 g/mol. The van der Waals surface area contributed by atoms with E-state index in [1.165, 1.54) is 18.2 Å². The molecule has 0 atom stereocenters. The molecule has 0 radical (unpaired) electrons. The van der Waals surface area contributed by atoms with Crippen LogP contribution in [0.2, 0.25) is 0 Å². The van der Waals surface area contributed by atoms with Crippen molar-refractivity contribution in [2.45, 2.75) is 6.92 Å². The average Bonchev–Trinajstić information content (AvgIpc) is 3.35. The second-order valence-corrected chi connectivity index (χ2v) is 9.60. The number of hydrogen-bond acceptors (Lipinski definition) is 6. The highest BCUT2D eigenvalue weighted by molar-refractivity contribution is 14.1. The van der Waals surface area contributed by atoms with Gasteiger partial charge in [0.05, 0.1) is 10.5 Å². The van der Waals surface area contributed by atoms with E-state index in [0.717, 1.165) is 25.8 Å². The van der Waals surface area contributed by atoms with Crippen molar-refractivity contribution >= 4 is 69.1 Å². The fraction of sp³-hybridized carbons (Fsp3) is 0.0833. The van der Waals surface area contributed by atoms with E-state index in [2.05, 4.69) is 27.9 Å². The summed E-state index contributed by atoms with van der Waals surface area (Å²) in [5.41, 5.74) is 2.13. The van der Waals surface area contributed by atoms with Gasteiger partial charge in [-0.2, -0.15) is 0 Å². The van der Waals surface area contributed by atoms with Gasteiger partial charge in [0.2, 0.25) is 5.91 Å². The summed E-state index contributed by atoms with van der Waals surface area (Å²) < 4.78 is 6.80. The van der Waals surface area contributed by atoms with Crippen molar-refractivity contribution < 1.29 is 28.7 Å². The van der Waals surface area contributed by atoms with Gasteiger partial charge in [0.25, 0.3) is 11.1 Å². The number of aryl methyl sites for hydroxylation is 1. The van der Waals surface area contributed by atoms with Crippen molar-refractivity contribution in [1.82, 2.24) is 4.90 Å². The van der Waals surface area contributed by atoms with Gasteiger partial charge < -0.3 is 14.8 Å². The zero-order valence-electron chi connectivity index (χ0n) is 17.7. The monoisotopic (exact) mass is 588 g/mol. The van der Waals surface area contributed by atoms with Crippen LogP contribution in [0.15, 0.2) is 63.9 Å². The molecule has 1 aliphatic heterocycles. The van der Waals surface area contributed by atoms with Crippen LogP contribution in [0.3, 0.4) is 0 Å². The molecule has 4 rings (SSSR count). The number of amides is 3. The second-order valence-electron chi connectivity index (χ2n) is 7.36. The summed E-state index contributed by atoms with van der Waals surface area (Å²) in [6.07, 6.45) is 1.43. The molecule has 1 fully saturated rings. The Balaban J connectivity index is 1.48. The molecule has 2 N–H and O–H groups in total. The van der Waals surface area contributed by atoms with Crippen LogP contribution in [-0.4, -0.2) is 39.6 Å². The molecule has 2 heterocycles. The molecule has 0 spiro atoms. The van der Waals surface area contributed by atoms with Crippen LogP contribution >= 0.6 is 34.4 Å². The maximum Gasteiger partial charge on any atom is 0.335 e. The largest absolute Gasteiger partial charge is 0.478 e. The SMILES string of the molecule is Cc1ccc(C(=O)O)cc1-c1ccc(/C=C2\SC(=O)N(CC(=O)Nc3ccc(I)cc3)C2=O)o1. The number of aromatic carboxylic acids is 1. The molecule has 1 aromatic heterocycles. The van der Waals surface area contributed by atoms with Gasteiger partial charge in [-0.1, -0.05) is 6.07 Å². The minimum Gasteiger partial charge on any atom is -0.478 e. The summed E-state index contributed by atoms with van der Waals surface area (Å²) in [6.45, 7) is 1.42. The molecule has 2 aromatic carbocycles. The van der Waals surface area contributed by atoms with Gasteiger partial charge in [-0.05, 0) is 95.4 Å². The van der Waals surface area contributed by atoms with E-state index in [1.54, 1.807) is 30.3 Å². The molecule has 0 bridgehead atoms. The maximum absolute atomic E-state index is 12.7. The first-order valence-electron chi connectivity index (χ1n) is 9.96. The smallest absolute Gasteiger partial charge is 0.335 e. The third-order valence-electron chi connectivity index (χ3n) is 4.95. The number of carboxylic acid groups (broad SMARTS) is 1. The second kappa shape index (κ2) is 9.85. The van der Waals surface area contributed by atoms with E-state index in [9.17, 15) is 24.3 Å². The van der Waals surface area contributed by atoms with Crippen molar-refractivity contribution in [2.75, 3.05) is 11.9 Å². The predicted molar refractivity (Wildman–Crippen MR) is 136 cm³/mol. The Morgan fingerprint density at radius 3 is 2.56 bits per heavy atom. The third kappa shape index (κ3) is 5.23. The summed E-state index contributed by atoms with van der Waals surface area (Å²) >= 11 is 2.87.